The summed E-state index contributed by atoms with van der Waals surface area (Å²) >= 11 is 8.11. The van der Waals surface area contributed by atoms with Gasteiger partial charge in [0.15, 0.2) is 17.3 Å². The molecule has 0 aliphatic carbocycles. The van der Waals surface area contributed by atoms with Gasteiger partial charge in [-0.1, -0.05) is 23.7 Å². The Morgan fingerprint density at radius 3 is 2.66 bits per heavy atom. The van der Waals surface area contributed by atoms with E-state index in [1.807, 2.05) is 43.3 Å². The molecule has 1 aromatic heterocycles. The molecule has 0 bridgehead atoms. The van der Waals surface area contributed by atoms with E-state index in [-0.39, 0.29) is 5.76 Å². The van der Waals surface area contributed by atoms with Gasteiger partial charge in [0.25, 0.3) is 0 Å². The van der Waals surface area contributed by atoms with Crippen molar-refractivity contribution in [2.75, 3.05) is 13.7 Å². The number of halogens is 2. The first kappa shape index (κ1) is 24.9. The number of fused-ring (bicyclic) bond motifs is 1. The van der Waals surface area contributed by atoms with Crippen LogP contribution in [0.3, 0.4) is 0 Å². The lowest BCUT2D eigenvalue weighted by molar-refractivity contribution is 0.0929. The number of carbonyl (C=O) groups is 1. The van der Waals surface area contributed by atoms with Gasteiger partial charge in [0.2, 0.25) is 0 Å². The number of hydrogen-bond donors (Lipinski definition) is 1. The normalized spacial score (nSPS) is 11.1. The largest absolute Gasteiger partial charge is 0.494 e. The fourth-order valence-corrected chi connectivity index (χ4v) is 4.21. The Bertz CT molecular complexity index is 1370. The second kappa shape index (κ2) is 11.5. The van der Waals surface area contributed by atoms with Crippen LogP contribution in [0.2, 0.25) is 5.02 Å². The molecule has 9 heteroatoms. The summed E-state index contributed by atoms with van der Waals surface area (Å²) in [4.78, 5) is 12.5. The molecule has 1 amide bonds. The van der Waals surface area contributed by atoms with Crippen LogP contribution in [0.15, 0.2) is 70.2 Å². The van der Waals surface area contributed by atoms with Crippen molar-refractivity contribution >= 4 is 57.3 Å². The average molecular weight is 605 g/mol. The van der Waals surface area contributed by atoms with Crippen molar-refractivity contribution in [2.24, 2.45) is 5.10 Å². The summed E-state index contributed by atoms with van der Waals surface area (Å²) in [7, 11) is 1.57. The molecular formula is C26H22ClIN2O5. The molecule has 4 aromatic rings. The third-order valence-corrected chi connectivity index (χ3v) is 6.00. The van der Waals surface area contributed by atoms with Gasteiger partial charge in [0.1, 0.15) is 17.9 Å². The van der Waals surface area contributed by atoms with Crippen molar-refractivity contribution in [1.82, 2.24) is 5.43 Å². The van der Waals surface area contributed by atoms with Crippen LogP contribution in [0.1, 0.15) is 28.6 Å². The summed E-state index contributed by atoms with van der Waals surface area (Å²) in [5, 5.41) is 5.51. The summed E-state index contributed by atoms with van der Waals surface area (Å²) < 4.78 is 23.4. The van der Waals surface area contributed by atoms with Gasteiger partial charge in [-0.15, -0.1) is 0 Å². The van der Waals surface area contributed by atoms with Crippen LogP contribution >= 0.6 is 34.2 Å². The molecule has 4 rings (SSSR count). The van der Waals surface area contributed by atoms with Crippen molar-refractivity contribution in [2.45, 2.75) is 13.5 Å². The zero-order chi connectivity index (χ0) is 24.8. The summed E-state index contributed by atoms with van der Waals surface area (Å²) in [5.41, 5.74) is 4.80. The lowest BCUT2D eigenvalue weighted by Crippen LogP contribution is -2.16. The molecule has 0 aliphatic heterocycles. The van der Waals surface area contributed by atoms with Crippen LogP contribution in [0, 0.1) is 3.57 Å². The monoisotopic (exact) mass is 604 g/mol. The van der Waals surface area contributed by atoms with E-state index in [0.29, 0.717) is 35.3 Å². The number of hydrogen-bond acceptors (Lipinski definition) is 6. The lowest BCUT2D eigenvalue weighted by Gasteiger charge is -2.13. The Morgan fingerprint density at radius 1 is 1.11 bits per heavy atom. The zero-order valence-electron chi connectivity index (χ0n) is 19.0. The number of ether oxygens (including phenoxy) is 3. The number of hydrazone groups is 1. The Kier molecular flexibility index (Phi) is 8.14. The van der Waals surface area contributed by atoms with Crippen LogP contribution in [-0.2, 0) is 6.61 Å². The molecule has 180 valence electrons. The molecule has 0 radical (unpaired) electrons. The topological polar surface area (TPSA) is 82.3 Å². The van der Waals surface area contributed by atoms with Crippen LogP contribution in [-0.4, -0.2) is 25.8 Å². The predicted molar refractivity (Wildman–Crippen MR) is 144 cm³/mol. The smallest absolute Gasteiger partial charge is 0.307 e. The summed E-state index contributed by atoms with van der Waals surface area (Å²) in [6.07, 6.45) is 1.53. The SMILES string of the molecule is CCOc1ccc2oc(C(=O)N/N=C\c3cc(I)c(OCc4ccc(Cl)cc4)c(OC)c3)cc2c1. The standard InChI is InChI=1S/C26H22ClIN2O5/c1-3-33-20-8-9-22-18(12-20)13-24(35-22)26(31)30-29-14-17-10-21(28)25(23(11-17)32-2)34-15-16-4-6-19(27)7-5-16/h4-14H,3,15H2,1-2H3,(H,30,31)/b29-14-. The van der Waals surface area contributed by atoms with E-state index in [4.69, 9.17) is 30.2 Å². The van der Waals surface area contributed by atoms with Gasteiger partial charge in [-0.25, -0.2) is 5.43 Å². The Labute approximate surface area is 221 Å². The van der Waals surface area contributed by atoms with Crippen LogP contribution < -0.4 is 19.6 Å². The number of methoxy groups -OCH3 is 1. The first-order chi connectivity index (χ1) is 17.0. The maximum atomic E-state index is 12.5. The molecule has 0 saturated heterocycles. The minimum absolute atomic E-state index is 0.156. The Balaban J connectivity index is 1.42. The molecule has 0 saturated carbocycles. The number of furan rings is 1. The summed E-state index contributed by atoms with van der Waals surface area (Å²) in [6, 6.07) is 18.2. The second-order valence-electron chi connectivity index (χ2n) is 7.39. The van der Waals surface area contributed by atoms with Crippen molar-refractivity contribution in [3.05, 3.63) is 86.1 Å². The van der Waals surface area contributed by atoms with Crippen LogP contribution in [0.5, 0.6) is 17.2 Å². The van der Waals surface area contributed by atoms with Gasteiger partial charge >= 0.3 is 5.91 Å². The predicted octanol–water partition coefficient (Wildman–Crippen LogP) is 6.44. The third kappa shape index (κ3) is 6.26. The first-order valence-corrected chi connectivity index (χ1v) is 12.2. The van der Waals surface area contributed by atoms with E-state index in [0.717, 1.165) is 25.8 Å². The van der Waals surface area contributed by atoms with E-state index >= 15 is 0 Å². The molecule has 1 heterocycles. The fourth-order valence-electron chi connectivity index (χ4n) is 3.30. The molecule has 0 fully saturated rings. The number of nitrogens with zero attached hydrogens (tertiary/aromatic N) is 1. The van der Waals surface area contributed by atoms with Gasteiger partial charge in [0.05, 0.1) is 23.5 Å². The van der Waals surface area contributed by atoms with E-state index in [9.17, 15) is 4.79 Å². The number of amides is 1. The highest BCUT2D eigenvalue weighted by Gasteiger charge is 2.14. The van der Waals surface area contributed by atoms with Crippen molar-refractivity contribution in [1.29, 1.82) is 0 Å². The van der Waals surface area contributed by atoms with Gasteiger partial charge in [-0.2, -0.15) is 5.10 Å². The zero-order valence-corrected chi connectivity index (χ0v) is 21.9. The minimum Gasteiger partial charge on any atom is -0.494 e. The summed E-state index contributed by atoms with van der Waals surface area (Å²) in [6.45, 7) is 2.84. The maximum Gasteiger partial charge on any atom is 0.307 e. The second-order valence-corrected chi connectivity index (χ2v) is 8.99. The average Bonchev–Trinajstić information content (AvgIpc) is 3.28. The molecule has 3 aromatic carbocycles. The van der Waals surface area contributed by atoms with Gasteiger partial charge in [-0.05, 0) is 89.2 Å². The molecule has 0 atom stereocenters. The number of rotatable bonds is 9. The minimum atomic E-state index is -0.458. The Morgan fingerprint density at radius 2 is 1.91 bits per heavy atom. The van der Waals surface area contributed by atoms with E-state index in [2.05, 4.69) is 33.1 Å². The van der Waals surface area contributed by atoms with Crippen LogP contribution in [0.25, 0.3) is 11.0 Å². The highest BCUT2D eigenvalue weighted by Crippen LogP contribution is 2.34. The van der Waals surface area contributed by atoms with Crippen molar-refractivity contribution in [3.8, 4) is 17.2 Å². The quantitative estimate of drug-likeness (QED) is 0.135. The molecule has 1 N–H and O–H groups in total. The Hall–Kier alpha value is -3.24. The third-order valence-electron chi connectivity index (χ3n) is 4.95. The highest BCUT2D eigenvalue weighted by molar-refractivity contribution is 14.1. The molecule has 7 nitrogen and oxygen atoms in total. The number of carbonyl (C=O) groups excluding carboxylic acids is 1. The first-order valence-electron chi connectivity index (χ1n) is 10.7. The maximum absolute atomic E-state index is 12.5. The molecule has 0 aliphatic rings. The fraction of sp³-hybridized carbons (Fsp3) is 0.154. The number of nitrogens with one attached hydrogen (secondary N) is 1. The number of benzene rings is 3. The molecule has 35 heavy (non-hydrogen) atoms. The van der Waals surface area contributed by atoms with E-state index in [1.54, 1.807) is 31.4 Å². The van der Waals surface area contributed by atoms with E-state index in [1.165, 1.54) is 6.21 Å². The highest BCUT2D eigenvalue weighted by atomic mass is 127. The molecular weight excluding hydrogens is 583 g/mol. The van der Waals surface area contributed by atoms with Gasteiger partial charge in [-0.3, -0.25) is 4.79 Å². The van der Waals surface area contributed by atoms with Crippen LogP contribution in [0.4, 0.5) is 0 Å². The van der Waals surface area contributed by atoms with E-state index < -0.39 is 5.91 Å². The van der Waals surface area contributed by atoms with Crippen molar-refractivity contribution < 1.29 is 23.4 Å². The van der Waals surface area contributed by atoms with Gasteiger partial charge < -0.3 is 18.6 Å². The summed E-state index contributed by atoms with van der Waals surface area (Å²) in [5.74, 6) is 1.60. The molecule has 0 spiro atoms. The lowest BCUT2D eigenvalue weighted by atomic mass is 10.2. The van der Waals surface area contributed by atoms with Gasteiger partial charge in [0, 0.05) is 10.4 Å². The molecule has 0 unspecified atom stereocenters. The van der Waals surface area contributed by atoms with Crippen molar-refractivity contribution in [3.63, 3.8) is 0 Å².